The van der Waals surface area contributed by atoms with Crippen LogP contribution in [0.15, 0.2) is 67.0 Å². The zero-order chi connectivity index (χ0) is 23.5. The molecule has 0 fully saturated rings. The molecule has 1 unspecified atom stereocenters. The van der Waals surface area contributed by atoms with E-state index >= 15 is 0 Å². The Morgan fingerprint density at radius 3 is 2.61 bits per heavy atom. The fraction of sp³-hybridized carbons (Fsp3) is 0.0455. The maximum Gasteiger partial charge on any atom is 0.253 e. The summed E-state index contributed by atoms with van der Waals surface area (Å²) in [5.41, 5.74) is 0.899. The van der Waals surface area contributed by atoms with Crippen LogP contribution in [0.3, 0.4) is 0 Å². The summed E-state index contributed by atoms with van der Waals surface area (Å²) in [5.74, 6) is -2.25. The van der Waals surface area contributed by atoms with Crippen molar-refractivity contribution < 1.29 is 22.3 Å². The first-order valence-corrected chi connectivity index (χ1v) is 10.9. The number of anilines is 2. The second-order valence-electron chi connectivity index (χ2n) is 6.79. The molecule has 4 aromatic rings. The predicted octanol–water partition coefficient (Wildman–Crippen LogP) is 4.42. The van der Waals surface area contributed by atoms with Gasteiger partial charge in [0, 0.05) is 35.6 Å². The Labute approximate surface area is 194 Å². The monoisotopic (exact) mass is 487 g/mol. The summed E-state index contributed by atoms with van der Waals surface area (Å²) in [4.78, 5) is 21.3. The van der Waals surface area contributed by atoms with Crippen LogP contribution in [-0.2, 0) is 17.8 Å². The van der Waals surface area contributed by atoms with Gasteiger partial charge in [0.2, 0.25) is 0 Å². The molecule has 168 valence electrons. The zero-order valence-electron chi connectivity index (χ0n) is 16.7. The standard InChI is InChI=1S/C22H15ClF2N4O3S/c23-14-5-7-16(22(30)28-12-13-4-6-15(24)11-17(13)25)20(10-14)29(33(31)32)19-3-1-2-18-21(19)27-9-8-26-18/h1-11H,12H2,(H,28,30)(H,31,32)/p-1. The van der Waals surface area contributed by atoms with E-state index in [4.69, 9.17) is 11.6 Å². The van der Waals surface area contributed by atoms with Gasteiger partial charge in [0.1, 0.15) is 17.2 Å². The van der Waals surface area contributed by atoms with Crippen LogP contribution in [0, 0.1) is 11.6 Å². The fourth-order valence-corrected chi connectivity index (χ4v) is 4.02. The number of amides is 1. The third-order valence-corrected chi connectivity index (χ3v) is 5.65. The summed E-state index contributed by atoms with van der Waals surface area (Å²) in [5, 5.41) is 2.71. The van der Waals surface area contributed by atoms with Crippen molar-refractivity contribution >= 4 is 51.2 Å². The second kappa shape index (κ2) is 9.57. The first-order valence-electron chi connectivity index (χ1n) is 9.46. The van der Waals surface area contributed by atoms with Gasteiger partial charge in [-0.2, -0.15) is 0 Å². The molecule has 0 spiro atoms. The average molecular weight is 488 g/mol. The van der Waals surface area contributed by atoms with E-state index in [1.54, 1.807) is 12.1 Å². The SMILES string of the molecule is O=C(NCc1ccc(F)cc1F)c1ccc(Cl)cc1N(c1cccc2nccnc12)S(=O)[O-]. The molecule has 7 nitrogen and oxygen atoms in total. The molecular formula is C22H14ClF2N4O3S-. The molecule has 0 saturated carbocycles. The molecule has 0 radical (unpaired) electrons. The molecule has 0 bridgehead atoms. The van der Waals surface area contributed by atoms with E-state index in [-0.39, 0.29) is 34.1 Å². The molecule has 0 aliphatic heterocycles. The Hall–Kier alpha value is -3.47. The zero-order valence-corrected chi connectivity index (χ0v) is 18.2. The number of halogens is 3. The lowest BCUT2D eigenvalue weighted by atomic mass is 10.1. The van der Waals surface area contributed by atoms with Crippen molar-refractivity contribution in [3.05, 3.63) is 94.8 Å². The van der Waals surface area contributed by atoms with Crippen LogP contribution in [0.4, 0.5) is 20.2 Å². The average Bonchev–Trinajstić information content (AvgIpc) is 2.78. The first kappa shape index (κ1) is 22.7. The van der Waals surface area contributed by atoms with Crippen molar-refractivity contribution in [2.75, 3.05) is 4.31 Å². The molecule has 0 aliphatic carbocycles. The molecule has 3 aromatic carbocycles. The Kier molecular flexibility index (Phi) is 6.59. The van der Waals surface area contributed by atoms with Crippen molar-refractivity contribution in [2.24, 2.45) is 0 Å². The van der Waals surface area contributed by atoms with Gasteiger partial charge in [-0.1, -0.05) is 23.7 Å². The number of aromatic nitrogens is 2. The highest BCUT2D eigenvalue weighted by Crippen LogP contribution is 2.35. The van der Waals surface area contributed by atoms with Gasteiger partial charge in [-0.3, -0.25) is 23.3 Å². The lowest BCUT2D eigenvalue weighted by Gasteiger charge is -2.29. The summed E-state index contributed by atoms with van der Waals surface area (Å²) in [6.07, 6.45) is 2.89. The minimum Gasteiger partial charge on any atom is -0.755 e. The van der Waals surface area contributed by atoms with Gasteiger partial charge in [0.15, 0.2) is 0 Å². The summed E-state index contributed by atoms with van der Waals surface area (Å²) >= 11 is 3.24. The highest BCUT2D eigenvalue weighted by atomic mass is 35.5. The number of fused-ring (bicyclic) bond motifs is 1. The minimum atomic E-state index is -2.87. The van der Waals surface area contributed by atoms with Crippen molar-refractivity contribution in [1.29, 1.82) is 0 Å². The molecule has 0 saturated heterocycles. The van der Waals surface area contributed by atoms with Gasteiger partial charge in [-0.25, -0.2) is 8.78 Å². The van der Waals surface area contributed by atoms with E-state index in [2.05, 4.69) is 15.3 Å². The minimum absolute atomic E-state index is 0.0352. The fourth-order valence-electron chi connectivity index (χ4n) is 3.23. The predicted molar refractivity (Wildman–Crippen MR) is 120 cm³/mol. The summed E-state index contributed by atoms with van der Waals surface area (Å²) < 4.78 is 52.5. The maximum atomic E-state index is 13.9. The molecule has 1 N–H and O–H groups in total. The molecule has 1 amide bonds. The van der Waals surface area contributed by atoms with E-state index in [1.807, 2.05) is 0 Å². The van der Waals surface area contributed by atoms with Crippen LogP contribution < -0.4 is 9.62 Å². The number of carbonyl (C=O) groups is 1. The normalized spacial score (nSPS) is 11.9. The Morgan fingerprint density at radius 2 is 1.85 bits per heavy atom. The molecular weight excluding hydrogens is 474 g/mol. The Morgan fingerprint density at radius 1 is 1.06 bits per heavy atom. The van der Waals surface area contributed by atoms with Gasteiger partial charge >= 0.3 is 0 Å². The highest BCUT2D eigenvalue weighted by Gasteiger charge is 2.22. The molecule has 0 aliphatic rings. The van der Waals surface area contributed by atoms with Crippen LogP contribution in [0.25, 0.3) is 11.0 Å². The van der Waals surface area contributed by atoms with Gasteiger partial charge in [-0.05, 0) is 36.4 Å². The number of nitrogens with zero attached hydrogens (tertiary/aromatic N) is 3. The number of hydrogen-bond donors (Lipinski definition) is 1. The number of nitrogens with one attached hydrogen (secondary N) is 1. The van der Waals surface area contributed by atoms with Crippen molar-refractivity contribution in [3.8, 4) is 0 Å². The van der Waals surface area contributed by atoms with E-state index in [9.17, 15) is 22.3 Å². The number of carbonyl (C=O) groups excluding carboxylic acids is 1. The quantitative estimate of drug-likeness (QED) is 0.406. The molecule has 33 heavy (non-hydrogen) atoms. The van der Waals surface area contributed by atoms with E-state index in [1.165, 1.54) is 42.7 Å². The van der Waals surface area contributed by atoms with Crippen LogP contribution in [0.5, 0.6) is 0 Å². The van der Waals surface area contributed by atoms with E-state index in [0.29, 0.717) is 17.1 Å². The van der Waals surface area contributed by atoms with E-state index < -0.39 is 28.8 Å². The molecule has 4 rings (SSSR count). The lowest BCUT2D eigenvalue weighted by molar-refractivity contribution is 0.0951. The summed E-state index contributed by atoms with van der Waals surface area (Å²) in [6, 6.07) is 11.9. The number of hydrogen-bond acceptors (Lipinski definition) is 5. The lowest BCUT2D eigenvalue weighted by Crippen LogP contribution is -2.28. The maximum absolute atomic E-state index is 13.9. The van der Waals surface area contributed by atoms with Crippen LogP contribution in [0.1, 0.15) is 15.9 Å². The summed E-state index contributed by atoms with van der Waals surface area (Å²) in [7, 11) is 0. The summed E-state index contributed by atoms with van der Waals surface area (Å²) in [6.45, 7) is -0.243. The topological polar surface area (TPSA) is 98.2 Å². The molecule has 1 aromatic heterocycles. The third-order valence-electron chi connectivity index (χ3n) is 4.72. The van der Waals surface area contributed by atoms with E-state index in [0.717, 1.165) is 10.4 Å². The first-order chi connectivity index (χ1) is 15.8. The second-order valence-corrected chi connectivity index (χ2v) is 8.03. The largest absolute Gasteiger partial charge is 0.755 e. The van der Waals surface area contributed by atoms with Crippen molar-refractivity contribution in [3.63, 3.8) is 0 Å². The van der Waals surface area contributed by atoms with Gasteiger partial charge in [0.05, 0.1) is 33.7 Å². The third kappa shape index (κ3) is 4.82. The van der Waals surface area contributed by atoms with Crippen LogP contribution >= 0.6 is 11.6 Å². The van der Waals surface area contributed by atoms with Crippen molar-refractivity contribution in [1.82, 2.24) is 15.3 Å². The van der Waals surface area contributed by atoms with Gasteiger partial charge in [-0.15, -0.1) is 0 Å². The van der Waals surface area contributed by atoms with Crippen LogP contribution in [-0.4, -0.2) is 24.6 Å². The van der Waals surface area contributed by atoms with Gasteiger partial charge < -0.3 is 9.87 Å². The Bertz CT molecular complexity index is 1380. The highest BCUT2D eigenvalue weighted by molar-refractivity contribution is 7.81. The number of rotatable bonds is 6. The molecule has 1 heterocycles. The van der Waals surface area contributed by atoms with Crippen molar-refractivity contribution in [2.45, 2.75) is 6.54 Å². The molecule has 11 heteroatoms. The molecule has 1 atom stereocenters. The number of para-hydroxylation sites is 1. The smallest absolute Gasteiger partial charge is 0.253 e. The van der Waals surface area contributed by atoms with Gasteiger partial charge in [0.25, 0.3) is 5.91 Å². The number of benzene rings is 3. The van der Waals surface area contributed by atoms with Crippen LogP contribution in [0.2, 0.25) is 5.02 Å². The Balaban J connectivity index is 1.74.